The van der Waals surface area contributed by atoms with Crippen molar-refractivity contribution in [2.45, 2.75) is 20.4 Å². The number of anilines is 1. The van der Waals surface area contributed by atoms with Crippen LogP contribution >= 0.6 is 0 Å². The molecule has 0 spiro atoms. The first-order valence-corrected chi connectivity index (χ1v) is 10.7. The number of carbonyl (C=O) groups is 3. The number of amides is 2. The smallest absolute Gasteiger partial charge is 0.308 e. The van der Waals surface area contributed by atoms with Gasteiger partial charge in [-0.3, -0.25) is 14.4 Å². The van der Waals surface area contributed by atoms with Crippen LogP contribution in [0.1, 0.15) is 29.8 Å². The highest BCUT2D eigenvalue weighted by Crippen LogP contribution is 2.18. The molecule has 8 heteroatoms. The van der Waals surface area contributed by atoms with Crippen molar-refractivity contribution in [2.75, 3.05) is 18.5 Å². The molecule has 176 valence electrons. The van der Waals surface area contributed by atoms with Crippen LogP contribution in [0.25, 0.3) is 0 Å². The Morgan fingerprint density at radius 1 is 0.824 bits per heavy atom. The molecule has 0 fully saturated rings. The van der Waals surface area contributed by atoms with Crippen molar-refractivity contribution in [3.63, 3.8) is 0 Å². The molecule has 0 saturated heterocycles. The van der Waals surface area contributed by atoms with Gasteiger partial charge in [-0.05, 0) is 67.1 Å². The Hall–Kier alpha value is -4.33. The zero-order chi connectivity index (χ0) is 24.3. The van der Waals surface area contributed by atoms with E-state index in [1.165, 1.54) is 13.0 Å². The van der Waals surface area contributed by atoms with E-state index in [0.717, 1.165) is 11.3 Å². The van der Waals surface area contributed by atoms with Crippen molar-refractivity contribution in [1.82, 2.24) is 5.32 Å². The van der Waals surface area contributed by atoms with E-state index >= 15 is 0 Å². The summed E-state index contributed by atoms with van der Waals surface area (Å²) in [7, 11) is 0. The summed E-state index contributed by atoms with van der Waals surface area (Å²) in [4.78, 5) is 35.6. The molecule has 34 heavy (non-hydrogen) atoms. The van der Waals surface area contributed by atoms with Crippen LogP contribution < -0.4 is 24.8 Å². The number of carbonyl (C=O) groups excluding carboxylic acids is 3. The quantitative estimate of drug-likeness (QED) is 0.349. The van der Waals surface area contributed by atoms with E-state index in [-0.39, 0.29) is 18.4 Å². The van der Waals surface area contributed by atoms with Gasteiger partial charge in [-0.2, -0.15) is 0 Å². The summed E-state index contributed by atoms with van der Waals surface area (Å²) in [6, 6.07) is 20.5. The van der Waals surface area contributed by atoms with Gasteiger partial charge >= 0.3 is 5.97 Å². The normalized spacial score (nSPS) is 10.2. The average molecular weight is 463 g/mol. The van der Waals surface area contributed by atoms with Crippen LogP contribution in [-0.2, 0) is 16.1 Å². The van der Waals surface area contributed by atoms with E-state index in [0.29, 0.717) is 35.9 Å². The fourth-order valence-corrected chi connectivity index (χ4v) is 3.00. The van der Waals surface area contributed by atoms with Crippen LogP contribution in [0.2, 0.25) is 0 Å². The van der Waals surface area contributed by atoms with E-state index in [4.69, 9.17) is 14.2 Å². The van der Waals surface area contributed by atoms with Gasteiger partial charge in [0.2, 0.25) is 0 Å². The number of rotatable bonds is 10. The molecule has 0 aliphatic heterocycles. The second kappa shape index (κ2) is 12.1. The number of hydrogen-bond donors (Lipinski definition) is 2. The highest BCUT2D eigenvalue weighted by molar-refractivity contribution is 5.94. The zero-order valence-electron chi connectivity index (χ0n) is 19.0. The molecule has 0 aliphatic rings. The molecule has 2 amide bonds. The maximum absolute atomic E-state index is 12.4. The summed E-state index contributed by atoms with van der Waals surface area (Å²) >= 11 is 0. The fourth-order valence-electron chi connectivity index (χ4n) is 3.00. The highest BCUT2D eigenvalue weighted by Gasteiger charge is 2.08. The Morgan fingerprint density at radius 2 is 1.50 bits per heavy atom. The first-order chi connectivity index (χ1) is 16.4. The number of hydrogen-bond acceptors (Lipinski definition) is 6. The molecule has 0 atom stereocenters. The van der Waals surface area contributed by atoms with Gasteiger partial charge in [-0.25, -0.2) is 0 Å². The molecular formula is C26H26N2O6. The van der Waals surface area contributed by atoms with Crippen LogP contribution in [0.5, 0.6) is 17.2 Å². The lowest BCUT2D eigenvalue weighted by molar-refractivity contribution is -0.131. The molecule has 3 aromatic carbocycles. The van der Waals surface area contributed by atoms with Crippen molar-refractivity contribution in [3.8, 4) is 17.2 Å². The van der Waals surface area contributed by atoms with Gasteiger partial charge < -0.3 is 24.8 Å². The van der Waals surface area contributed by atoms with Crippen molar-refractivity contribution in [2.24, 2.45) is 0 Å². The maximum Gasteiger partial charge on any atom is 0.308 e. The molecule has 0 aliphatic carbocycles. The predicted molar refractivity (Wildman–Crippen MR) is 127 cm³/mol. The molecule has 8 nitrogen and oxygen atoms in total. The van der Waals surface area contributed by atoms with Crippen LogP contribution in [-0.4, -0.2) is 31.0 Å². The fraction of sp³-hybridized carbons (Fsp3) is 0.192. The summed E-state index contributed by atoms with van der Waals surface area (Å²) in [5, 5.41) is 5.58. The molecule has 0 heterocycles. The second-order valence-corrected chi connectivity index (χ2v) is 7.24. The summed E-state index contributed by atoms with van der Waals surface area (Å²) < 4.78 is 15.9. The first-order valence-electron chi connectivity index (χ1n) is 10.7. The van der Waals surface area contributed by atoms with Crippen LogP contribution in [0.4, 0.5) is 5.69 Å². The minimum Gasteiger partial charge on any atom is -0.494 e. The molecule has 3 aromatic rings. The molecule has 0 unspecified atom stereocenters. The Kier molecular flexibility index (Phi) is 8.62. The topological polar surface area (TPSA) is 103 Å². The third-order valence-electron chi connectivity index (χ3n) is 4.55. The van der Waals surface area contributed by atoms with E-state index in [9.17, 15) is 14.4 Å². The van der Waals surface area contributed by atoms with Crippen molar-refractivity contribution < 1.29 is 28.6 Å². The summed E-state index contributed by atoms with van der Waals surface area (Å²) in [6.07, 6.45) is 0. The SMILES string of the molecule is CCOc1ccc(OCC(=O)Nc2ccc(CNC(=O)c3cccc(OC(C)=O)c3)cc2)cc1. The molecular weight excluding hydrogens is 436 g/mol. The van der Waals surface area contributed by atoms with Crippen LogP contribution in [0, 0.1) is 0 Å². The monoisotopic (exact) mass is 462 g/mol. The molecule has 2 N–H and O–H groups in total. The molecule has 3 rings (SSSR count). The second-order valence-electron chi connectivity index (χ2n) is 7.24. The standard InChI is InChI=1S/C26H26N2O6/c1-3-32-22-11-13-23(14-12-22)33-17-25(30)28-21-9-7-19(8-10-21)16-27-26(31)20-5-4-6-24(15-20)34-18(2)29/h4-15H,3,16-17H2,1-2H3,(H,27,31)(H,28,30). The number of nitrogens with one attached hydrogen (secondary N) is 2. The molecule has 0 bridgehead atoms. The van der Waals surface area contributed by atoms with E-state index in [1.807, 2.05) is 6.92 Å². The summed E-state index contributed by atoms with van der Waals surface area (Å²) in [5.74, 6) is 0.591. The Balaban J connectivity index is 1.45. The zero-order valence-corrected chi connectivity index (χ0v) is 19.0. The molecule has 0 radical (unpaired) electrons. The lowest BCUT2D eigenvalue weighted by Gasteiger charge is -2.10. The molecule has 0 aromatic heterocycles. The largest absolute Gasteiger partial charge is 0.494 e. The first kappa shape index (κ1) is 24.3. The molecule has 0 saturated carbocycles. The minimum atomic E-state index is -0.451. The third kappa shape index (κ3) is 7.67. The summed E-state index contributed by atoms with van der Waals surface area (Å²) in [5.41, 5.74) is 1.85. The summed E-state index contributed by atoms with van der Waals surface area (Å²) in [6.45, 7) is 3.96. The van der Waals surface area contributed by atoms with Crippen molar-refractivity contribution in [1.29, 1.82) is 0 Å². The van der Waals surface area contributed by atoms with Gasteiger partial charge in [0.25, 0.3) is 11.8 Å². The van der Waals surface area contributed by atoms with Gasteiger partial charge in [0.05, 0.1) is 6.61 Å². The average Bonchev–Trinajstić information content (AvgIpc) is 2.83. The van der Waals surface area contributed by atoms with E-state index in [1.54, 1.807) is 66.7 Å². The Bertz CT molecular complexity index is 1130. The lowest BCUT2D eigenvalue weighted by Crippen LogP contribution is -2.23. The van der Waals surface area contributed by atoms with E-state index < -0.39 is 5.97 Å². The van der Waals surface area contributed by atoms with Crippen molar-refractivity contribution >= 4 is 23.5 Å². The predicted octanol–water partition coefficient (Wildman–Crippen LogP) is 3.96. The van der Waals surface area contributed by atoms with Gasteiger partial charge in [-0.1, -0.05) is 18.2 Å². The minimum absolute atomic E-state index is 0.127. The van der Waals surface area contributed by atoms with Crippen molar-refractivity contribution in [3.05, 3.63) is 83.9 Å². The van der Waals surface area contributed by atoms with Gasteiger partial charge in [0, 0.05) is 24.7 Å². The van der Waals surface area contributed by atoms with Gasteiger partial charge in [0.15, 0.2) is 6.61 Å². The Labute approximate surface area is 197 Å². The highest BCUT2D eigenvalue weighted by atomic mass is 16.5. The number of benzene rings is 3. The Morgan fingerprint density at radius 3 is 2.15 bits per heavy atom. The third-order valence-corrected chi connectivity index (χ3v) is 4.55. The lowest BCUT2D eigenvalue weighted by atomic mass is 10.1. The van der Waals surface area contributed by atoms with Crippen LogP contribution in [0.3, 0.4) is 0 Å². The maximum atomic E-state index is 12.4. The van der Waals surface area contributed by atoms with Gasteiger partial charge in [0.1, 0.15) is 17.2 Å². The number of esters is 1. The van der Waals surface area contributed by atoms with E-state index in [2.05, 4.69) is 10.6 Å². The number of ether oxygens (including phenoxy) is 3. The van der Waals surface area contributed by atoms with Gasteiger partial charge in [-0.15, -0.1) is 0 Å². The van der Waals surface area contributed by atoms with Crippen LogP contribution in [0.15, 0.2) is 72.8 Å².